The molecule has 2 heterocycles. The van der Waals surface area contributed by atoms with Gasteiger partial charge in [-0.1, -0.05) is 39.0 Å². The molecule has 1 aromatic carbocycles. The quantitative estimate of drug-likeness (QED) is 0.0599. The van der Waals surface area contributed by atoms with Crippen LogP contribution < -0.4 is 21.3 Å². The number of aliphatic imine (C=N–C) groups is 1. The van der Waals surface area contributed by atoms with E-state index >= 15 is 0 Å². The number of alkyl halides is 2. The number of halogens is 2. The van der Waals surface area contributed by atoms with Crippen LogP contribution in [-0.4, -0.2) is 79.1 Å². The molecule has 0 fully saturated rings. The first-order chi connectivity index (χ1) is 24.5. The molecular formula is C38H57F2N7O4. The largest absolute Gasteiger partial charge is 0.481 e. The molecule has 0 saturated carbocycles. The Hall–Kier alpha value is -4.29. The van der Waals surface area contributed by atoms with Gasteiger partial charge in [-0.3, -0.25) is 24.8 Å². The van der Waals surface area contributed by atoms with Crippen molar-refractivity contribution in [3.63, 3.8) is 0 Å². The van der Waals surface area contributed by atoms with E-state index in [1.807, 2.05) is 0 Å². The van der Waals surface area contributed by atoms with Gasteiger partial charge in [0, 0.05) is 99.4 Å². The summed E-state index contributed by atoms with van der Waals surface area (Å²) in [5, 5.41) is 24.8. The summed E-state index contributed by atoms with van der Waals surface area (Å²) in [6.45, 7) is 5.31. The Bertz CT molecular complexity index is 1460. The lowest BCUT2D eigenvalue weighted by Gasteiger charge is -2.38. The first kappa shape index (κ1) is 41.1. The van der Waals surface area contributed by atoms with Crippen molar-refractivity contribution in [2.45, 2.75) is 116 Å². The third-order valence-electron chi connectivity index (χ3n) is 9.69. The van der Waals surface area contributed by atoms with Gasteiger partial charge in [-0.25, -0.2) is 8.78 Å². The standard InChI is InChI=1S/C38H57F2N7O4/c1-4-29(16-18-44-35(49)14-10-8-6-5-7-9-11-15-36(50)51)45-33-17-20-46(26(2)48)25-32(33)38(42)47-19-12-13-27-21-30(28(23-41)24-43-3)31(37(39)40)22-34(27)47/h21-24,29,37,42,45H,4-20,25,41H2,1-3H3,(H,44,49)(H,50,51). The maximum absolute atomic E-state index is 14.4. The number of rotatable bonds is 20. The number of hydrogen-bond acceptors (Lipinski definition) is 7. The molecule has 0 spiro atoms. The lowest BCUT2D eigenvalue weighted by Crippen LogP contribution is -2.46. The van der Waals surface area contributed by atoms with Crippen LogP contribution in [0.25, 0.3) is 5.57 Å². The Balaban J connectivity index is 1.67. The number of carbonyl (C=O) groups excluding carboxylic acids is 2. The van der Waals surface area contributed by atoms with Gasteiger partial charge in [-0.2, -0.15) is 0 Å². The zero-order valence-electron chi connectivity index (χ0n) is 30.5. The second-order valence-corrected chi connectivity index (χ2v) is 13.4. The normalized spacial score (nSPS) is 15.7. The summed E-state index contributed by atoms with van der Waals surface area (Å²) in [6.07, 6.45) is 10.6. The Morgan fingerprint density at radius 2 is 1.75 bits per heavy atom. The van der Waals surface area contributed by atoms with Crippen LogP contribution >= 0.6 is 0 Å². The highest BCUT2D eigenvalue weighted by Gasteiger charge is 2.31. The summed E-state index contributed by atoms with van der Waals surface area (Å²) in [6, 6.07) is 3.23. The van der Waals surface area contributed by atoms with E-state index in [-0.39, 0.29) is 42.2 Å². The molecule has 13 heteroatoms. The van der Waals surface area contributed by atoms with Crippen LogP contribution in [0.5, 0.6) is 0 Å². The Morgan fingerprint density at radius 3 is 2.35 bits per heavy atom. The van der Waals surface area contributed by atoms with Gasteiger partial charge in [0.25, 0.3) is 6.43 Å². The molecule has 1 aromatic rings. The smallest absolute Gasteiger partial charge is 0.303 e. The number of carboxylic acids is 1. The SMILES string of the molecule is CCC(CCNC(=O)CCCCCCCCCC(=O)O)NC1=C(C(=N)N2CCCc3cc(C(C=NC)=CN)c(C(F)F)cc32)CN(C(C)=O)CC1. The Kier molecular flexibility index (Phi) is 17.1. The number of nitrogens with zero attached hydrogens (tertiary/aromatic N) is 3. The van der Waals surface area contributed by atoms with E-state index in [4.69, 9.17) is 10.8 Å². The van der Waals surface area contributed by atoms with Gasteiger partial charge in [0.05, 0.1) is 6.54 Å². The molecule has 0 saturated heterocycles. The lowest BCUT2D eigenvalue weighted by atomic mass is 9.91. The minimum Gasteiger partial charge on any atom is -0.481 e. The number of benzene rings is 1. The molecule has 0 aliphatic carbocycles. The summed E-state index contributed by atoms with van der Waals surface area (Å²) in [5.41, 5.74) is 9.28. The van der Waals surface area contributed by atoms with Crippen LogP contribution in [-0.2, 0) is 20.8 Å². The molecular weight excluding hydrogens is 656 g/mol. The van der Waals surface area contributed by atoms with E-state index < -0.39 is 12.4 Å². The first-order valence-electron chi connectivity index (χ1n) is 18.4. The summed E-state index contributed by atoms with van der Waals surface area (Å²) in [7, 11) is 1.56. The molecule has 11 nitrogen and oxygen atoms in total. The summed E-state index contributed by atoms with van der Waals surface area (Å²) < 4.78 is 28.8. The fraction of sp³-hybridized carbons (Fsp3) is 0.605. The number of unbranched alkanes of at least 4 members (excludes halogenated alkanes) is 6. The van der Waals surface area contributed by atoms with Crippen LogP contribution in [0, 0.1) is 5.41 Å². The van der Waals surface area contributed by atoms with E-state index in [9.17, 15) is 28.6 Å². The lowest BCUT2D eigenvalue weighted by molar-refractivity contribution is -0.137. The maximum atomic E-state index is 14.4. The van der Waals surface area contributed by atoms with Crippen LogP contribution in [0.3, 0.4) is 0 Å². The van der Waals surface area contributed by atoms with Crippen molar-refractivity contribution in [2.24, 2.45) is 10.7 Å². The number of carboxylic acid groups (broad SMARTS) is 1. The van der Waals surface area contributed by atoms with Crippen molar-refractivity contribution in [1.29, 1.82) is 5.41 Å². The molecule has 0 bridgehead atoms. The van der Waals surface area contributed by atoms with Crippen molar-refractivity contribution in [1.82, 2.24) is 15.5 Å². The van der Waals surface area contributed by atoms with E-state index in [2.05, 4.69) is 22.5 Å². The highest BCUT2D eigenvalue weighted by molar-refractivity contribution is 6.12. The third kappa shape index (κ3) is 12.5. The summed E-state index contributed by atoms with van der Waals surface area (Å²) in [4.78, 5) is 43.0. The molecule has 0 aromatic heterocycles. The van der Waals surface area contributed by atoms with Gasteiger partial charge in [-0.05, 0) is 61.8 Å². The van der Waals surface area contributed by atoms with Gasteiger partial charge in [0.15, 0.2) is 0 Å². The van der Waals surface area contributed by atoms with Crippen molar-refractivity contribution in [3.05, 3.63) is 46.3 Å². The summed E-state index contributed by atoms with van der Waals surface area (Å²) >= 11 is 0. The molecule has 2 aliphatic rings. The number of carbonyl (C=O) groups is 3. The van der Waals surface area contributed by atoms with Crippen LogP contribution in [0.15, 0.2) is 34.6 Å². The third-order valence-corrected chi connectivity index (χ3v) is 9.69. The number of allylic oxidation sites excluding steroid dienone is 1. The monoisotopic (exact) mass is 713 g/mol. The fourth-order valence-electron chi connectivity index (χ4n) is 6.77. The van der Waals surface area contributed by atoms with Gasteiger partial charge >= 0.3 is 5.97 Å². The van der Waals surface area contributed by atoms with Gasteiger partial charge < -0.3 is 31.3 Å². The zero-order valence-corrected chi connectivity index (χ0v) is 30.5. The maximum Gasteiger partial charge on any atom is 0.303 e. The molecule has 282 valence electrons. The van der Waals surface area contributed by atoms with Crippen LogP contribution in [0.1, 0.15) is 120 Å². The van der Waals surface area contributed by atoms with E-state index in [0.717, 1.165) is 62.6 Å². The number of aryl methyl sites for hydroxylation is 1. The predicted molar refractivity (Wildman–Crippen MR) is 199 cm³/mol. The number of nitrogens with two attached hydrogens (primary N) is 1. The number of amides is 2. The minimum atomic E-state index is -2.76. The van der Waals surface area contributed by atoms with Crippen molar-refractivity contribution in [2.75, 3.05) is 38.1 Å². The number of hydrogen-bond donors (Lipinski definition) is 5. The second kappa shape index (κ2) is 21.2. The number of amidine groups is 1. The molecule has 2 aliphatic heterocycles. The topological polar surface area (TPSA) is 164 Å². The number of aliphatic carboxylic acids is 1. The number of fused-ring (bicyclic) bond motifs is 1. The molecule has 1 atom stereocenters. The van der Waals surface area contributed by atoms with Crippen LogP contribution in [0.2, 0.25) is 0 Å². The molecule has 0 radical (unpaired) electrons. The predicted octanol–water partition coefficient (Wildman–Crippen LogP) is 6.33. The van der Waals surface area contributed by atoms with Crippen LogP contribution in [0.4, 0.5) is 14.5 Å². The molecule has 1 unspecified atom stereocenters. The van der Waals surface area contributed by atoms with Gasteiger partial charge in [-0.15, -0.1) is 0 Å². The highest BCUT2D eigenvalue weighted by atomic mass is 19.3. The molecule has 3 rings (SSSR count). The van der Waals surface area contributed by atoms with E-state index in [1.54, 1.807) is 22.9 Å². The zero-order chi connectivity index (χ0) is 37.3. The van der Waals surface area contributed by atoms with Crippen molar-refractivity contribution < 1.29 is 28.3 Å². The second-order valence-electron chi connectivity index (χ2n) is 13.4. The van der Waals surface area contributed by atoms with Crippen molar-refractivity contribution >= 4 is 41.1 Å². The van der Waals surface area contributed by atoms with Gasteiger partial charge in [0.1, 0.15) is 5.84 Å². The van der Waals surface area contributed by atoms with Gasteiger partial charge in [0.2, 0.25) is 11.8 Å². The minimum absolute atomic E-state index is 0.0221. The Labute approximate surface area is 301 Å². The average molecular weight is 714 g/mol. The number of nitrogens with one attached hydrogen (secondary N) is 3. The number of anilines is 1. The van der Waals surface area contributed by atoms with E-state index in [0.29, 0.717) is 74.1 Å². The molecule has 51 heavy (non-hydrogen) atoms. The fourth-order valence-corrected chi connectivity index (χ4v) is 6.77. The Morgan fingerprint density at radius 1 is 1.06 bits per heavy atom. The molecule has 2 amide bonds. The van der Waals surface area contributed by atoms with E-state index in [1.165, 1.54) is 25.4 Å². The van der Waals surface area contributed by atoms with Crippen molar-refractivity contribution in [3.8, 4) is 0 Å². The molecule has 6 N–H and O–H groups in total. The first-order valence-corrected chi connectivity index (χ1v) is 18.4. The average Bonchev–Trinajstić information content (AvgIpc) is 3.11. The summed E-state index contributed by atoms with van der Waals surface area (Å²) in [5.74, 6) is -0.631. The highest BCUT2D eigenvalue weighted by Crippen LogP contribution is 2.38.